The lowest BCUT2D eigenvalue weighted by molar-refractivity contribution is 0.147. The molecule has 0 spiro atoms. The van der Waals surface area contributed by atoms with Crippen LogP contribution in [0.25, 0.3) is 5.57 Å². The number of rotatable bonds is 7. The average Bonchev–Trinajstić information content (AvgIpc) is 3.38. The van der Waals surface area contributed by atoms with E-state index in [2.05, 4.69) is 80.7 Å². The molecule has 3 aromatic rings. The van der Waals surface area contributed by atoms with Gasteiger partial charge in [-0.2, -0.15) is 0 Å². The second-order valence-electron chi connectivity index (χ2n) is 9.95. The highest BCUT2D eigenvalue weighted by Crippen LogP contribution is 2.32. The van der Waals surface area contributed by atoms with Gasteiger partial charge in [0, 0.05) is 19.2 Å². The summed E-state index contributed by atoms with van der Waals surface area (Å²) < 4.78 is 11.7. The third-order valence-corrected chi connectivity index (χ3v) is 7.08. The first-order valence-electron chi connectivity index (χ1n) is 13.4. The number of allylic oxidation sites excluding steroid dienone is 3. The summed E-state index contributed by atoms with van der Waals surface area (Å²) in [6.07, 6.45) is 5.04. The maximum atomic E-state index is 6.23. The van der Waals surface area contributed by atoms with E-state index in [1.165, 1.54) is 22.3 Å². The summed E-state index contributed by atoms with van der Waals surface area (Å²) in [7, 11) is 0. The van der Waals surface area contributed by atoms with Gasteiger partial charge in [0.2, 0.25) is 0 Å². The van der Waals surface area contributed by atoms with E-state index in [1.807, 2.05) is 37.3 Å². The van der Waals surface area contributed by atoms with Gasteiger partial charge in [0.1, 0.15) is 23.9 Å². The molecule has 0 bridgehead atoms. The number of aromatic nitrogens is 1. The molecule has 4 rings (SSSR count). The number of hydrogen-bond acceptors (Lipinski definition) is 4. The molecule has 0 fully saturated rings. The first-order valence-corrected chi connectivity index (χ1v) is 13.4. The minimum absolute atomic E-state index is 0.0925. The Morgan fingerprint density at radius 3 is 2.66 bits per heavy atom. The Bertz CT molecular complexity index is 1350. The Morgan fingerprint density at radius 2 is 1.97 bits per heavy atom. The Balaban J connectivity index is 1.78. The maximum absolute atomic E-state index is 6.23. The van der Waals surface area contributed by atoms with Crippen LogP contribution in [-0.4, -0.2) is 35.6 Å². The number of aliphatic imine (C=N–C) groups is 1. The van der Waals surface area contributed by atoms with Crippen molar-refractivity contribution in [2.75, 3.05) is 19.7 Å². The molecule has 0 N–H and O–H groups in total. The van der Waals surface area contributed by atoms with Crippen LogP contribution in [0.5, 0.6) is 0 Å². The Morgan fingerprint density at radius 1 is 1.18 bits per heavy atom. The molecular formula is C33H39N3O2. The number of amidine groups is 1. The predicted molar refractivity (Wildman–Crippen MR) is 156 cm³/mol. The number of ether oxygens (including phenoxy) is 1. The summed E-state index contributed by atoms with van der Waals surface area (Å²) in [5.41, 5.74) is 9.28. The molecule has 0 amide bonds. The minimum atomic E-state index is 0.0925. The summed E-state index contributed by atoms with van der Waals surface area (Å²) in [6, 6.07) is 19.1. The molecule has 5 heteroatoms. The molecule has 0 saturated heterocycles. The van der Waals surface area contributed by atoms with E-state index in [9.17, 15) is 0 Å². The second kappa shape index (κ2) is 12.7. The van der Waals surface area contributed by atoms with E-state index in [4.69, 9.17) is 14.3 Å². The van der Waals surface area contributed by atoms with Gasteiger partial charge < -0.3 is 14.2 Å². The highest BCUT2D eigenvalue weighted by molar-refractivity contribution is 5.85. The fourth-order valence-electron chi connectivity index (χ4n) is 4.91. The molecule has 1 atom stereocenters. The maximum Gasteiger partial charge on any atom is 0.134 e. The Labute approximate surface area is 227 Å². The fourth-order valence-corrected chi connectivity index (χ4v) is 4.91. The highest BCUT2D eigenvalue weighted by Gasteiger charge is 2.26. The van der Waals surface area contributed by atoms with Crippen molar-refractivity contribution in [2.24, 2.45) is 4.99 Å². The Hall–Kier alpha value is -3.70. The summed E-state index contributed by atoms with van der Waals surface area (Å²) in [6.45, 7) is 17.0. The number of aryl methyl sites for hydroxylation is 2. The molecule has 2 aromatic carbocycles. The summed E-state index contributed by atoms with van der Waals surface area (Å²) in [5, 5.41) is 4.32. The van der Waals surface area contributed by atoms with Crippen LogP contribution >= 0.6 is 0 Å². The van der Waals surface area contributed by atoms with Gasteiger partial charge in [0.15, 0.2) is 0 Å². The quantitative estimate of drug-likeness (QED) is 0.245. The van der Waals surface area contributed by atoms with Crippen molar-refractivity contribution >= 4 is 11.4 Å². The zero-order chi connectivity index (χ0) is 27.1. The molecule has 5 nitrogen and oxygen atoms in total. The normalized spacial score (nSPS) is 19.1. The molecule has 0 radical (unpaired) electrons. The van der Waals surface area contributed by atoms with Crippen LogP contribution in [0.1, 0.15) is 60.5 Å². The van der Waals surface area contributed by atoms with Crippen LogP contribution < -0.4 is 0 Å². The largest absolute Gasteiger partial charge is 0.369 e. The minimum Gasteiger partial charge on any atom is -0.369 e. The van der Waals surface area contributed by atoms with E-state index >= 15 is 0 Å². The fraction of sp³-hybridized carbons (Fsp3) is 0.333. The van der Waals surface area contributed by atoms with Crippen molar-refractivity contribution in [3.05, 3.63) is 118 Å². The highest BCUT2D eigenvalue weighted by atomic mass is 16.5. The summed E-state index contributed by atoms with van der Waals surface area (Å²) in [4.78, 5) is 7.35. The number of hydrogen-bond donors (Lipinski definition) is 0. The number of benzene rings is 2. The zero-order valence-corrected chi connectivity index (χ0v) is 23.3. The smallest absolute Gasteiger partial charge is 0.134 e. The average molecular weight is 510 g/mol. The molecule has 1 unspecified atom stereocenters. The molecule has 38 heavy (non-hydrogen) atoms. The van der Waals surface area contributed by atoms with Crippen LogP contribution in [-0.2, 0) is 17.8 Å². The van der Waals surface area contributed by atoms with E-state index in [1.54, 1.807) is 0 Å². The van der Waals surface area contributed by atoms with Crippen LogP contribution in [0.15, 0.2) is 94.0 Å². The van der Waals surface area contributed by atoms with E-state index in [0.717, 1.165) is 40.4 Å². The van der Waals surface area contributed by atoms with Crippen molar-refractivity contribution in [3.63, 3.8) is 0 Å². The van der Waals surface area contributed by atoms with Gasteiger partial charge in [-0.05, 0) is 74.4 Å². The topological polar surface area (TPSA) is 50.9 Å². The van der Waals surface area contributed by atoms with Gasteiger partial charge in [-0.25, -0.2) is 0 Å². The summed E-state index contributed by atoms with van der Waals surface area (Å²) in [5.74, 6) is 1.74. The molecular weight excluding hydrogens is 470 g/mol. The molecule has 0 aliphatic carbocycles. The van der Waals surface area contributed by atoms with Crippen molar-refractivity contribution < 1.29 is 9.26 Å². The standard InChI is InChI=1S/C33H39N3O2/c1-7-27-18-29-15-14-23(3)16-31(29)26(6)36(20-30(19-27)25(5)32-17-24(4)38-35-32)33(34-8-2)22-37-21-28-12-10-9-11-13-28/h7,9-17,19,26H,1,8,18,20-22H2,2-6H3/b27-19+,30-25-,34-33?. The zero-order valence-electron chi connectivity index (χ0n) is 23.3. The lowest BCUT2D eigenvalue weighted by Crippen LogP contribution is -2.38. The summed E-state index contributed by atoms with van der Waals surface area (Å²) >= 11 is 0. The molecule has 1 aromatic heterocycles. The van der Waals surface area contributed by atoms with E-state index in [0.29, 0.717) is 26.3 Å². The van der Waals surface area contributed by atoms with E-state index in [-0.39, 0.29) is 6.04 Å². The lowest BCUT2D eigenvalue weighted by atomic mass is 9.93. The van der Waals surface area contributed by atoms with Gasteiger partial charge in [-0.3, -0.25) is 4.99 Å². The van der Waals surface area contributed by atoms with Gasteiger partial charge in [-0.1, -0.05) is 78.0 Å². The van der Waals surface area contributed by atoms with Gasteiger partial charge in [-0.15, -0.1) is 0 Å². The van der Waals surface area contributed by atoms with Crippen molar-refractivity contribution in [1.82, 2.24) is 10.1 Å². The molecule has 198 valence electrons. The SMILES string of the molecule is C=C/C1=C\C(=C(/C)c2cc(C)on2)CN(C(COCc2ccccc2)=NCC)C(C)c2cc(C)ccc2C1. The third-order valence-electron chi connectivity index (χ3n) is 7.08. The van der Waals surface area contributed by atoms with Crippen molar-refractivity contribution in [1.29, 1.82) is 0 Å². The van der Waals surface area contributed by atoms with E-state index < -0.39 is 0 Å². The third kappa shape index (κ3) is 6.59. The monoisotopic (exact) mass is 509 g/mol. The molecule has 0 saturated carbocycles. The molecule has 1 aliphatic rings. The van der Waals surface area contributed by atoms with Gasteiger partial charge >= 0.3 is 0 Å². The first kappa shape index (κ1) is 27.3. The van der Waals surface area contributed by atoms with Crippen LogP contribution in [0.2, 0.25) is 0 Å². The number of nitrogens with zero attached hydrogens (tertiary/aromatic N) is 3. The van der Waals surface area contributed by atoms with Crippen molar-refractivity contribution in [2.45, 2.75) is 53.7 Å². The van der Waals surface area contributed by atoms with Crippen LogP contribution in [0.4, 0.5) is 0 Å². The Kier molecular flexibility index (Phi) is 9.14. The van der Waals surface area contributed by atoms with Gasteiger partial charge in [0.25, 0.3) is 0 Å². The molecule has 2 heterocycles. The van der Waals surface area contributed by atoms with Gasteiger partial charge in [0.05, 0.1) is 12.6 Å². The lowest BCUT2D eigenvalue weighted by Gasteiger charge is -2.34. The predicted octanol–water partition coefficient (Wildman–Crippen LogP) is 7.43. The first-order chi connectivity index (χ1) is 18.4. The van der Waals surface area contributed by atoms with Crippen LogP contribution in [0, 0.1) is 13.8 Å². The van der Waals surface area contributed by atoms with Crippen LogP contribution in [0.3, 0.4) is 0 Å². The second-order valence-corrected chi connectivity index (χ2v) is 9.95. The molecule has 1 aliphatic heterocycles. The van der Waals surface area contributed by atoms with Crippen molar-refractivity contribution in [3.8, 4) is 0 Å². The number of fused-ring (bicyclic) bond motifs is 1.